The summed E-state index contributed by atoms with van der Waals surface area (Å²) < 4.78 is 1.82. The average Bonchev–Trinajstić information content (AvgIpc) is 3.22. The molecular formula is C22H26N4O2. The maximum Gasteiger partial charge on any atom is 0.270 e. The molecule has 0 aliphatic heterocycles. The molecule has 0 saturated heterocycles. The van der Waals surface area contributed by atoms with E-state index >= 15 is 0 Å². The van der Waals surface area contributed by atoms with Crippen LogP contribution < -0.4 is 5.32 Å². The molecule has 0 fully saturated rings. The van der Waals surface area contributed by atoms with E-state index in [0.717, 1.165) is 22.4 Å². The standard InChI is InChI=1S/C22H26N4O2/c1-15(2)21(14-27)25-22(28)20-12-18(16(3)13-23-20)11-17-5-7-19(8-6-17)26-10-4-9-24-26/h4-10,12-13,15,21,27H,11,14H2,1-3H3,(H,25,28)/t21-/m1/s1. The Morgan fingerprint density at radius 3 is 2.61 bits per heavy atom. The number of carbonyl (C=O) groups is 1. The van der Waals surface area contributed by atoms with Crippen LogP contribution in [0.2, 0.25) is 0 Å². The maximum absolute atomic E-state index is 12.5. The summed E-state index contributed by atoms with van der Waals surface area (Å²) in [6.07, 6.45) is 6.10. The number of hydrogen-bond donors (Lipinski definition) is 2. The molecule has 2 heterocycles. The van der Waals surface area contributed by atoms with Crippen molar-refractivity contribution in [3.63, 3.8) is 0 Å². The Morgan fingerprint density at radius 2 is 2.00 bits per heavy atom. The molecule has 2 N–H and O–H groups in total. The van der Waals surface area contributed by atoms with Gasteiger partial charge in [0.05, 0.1) is 18.3 Å². The smallest absolute Gasteiger partial charge is 0.270 e. The van der Waals surface area contributed by atoms with Gasteiger partial charge in [0.25, 0.3) is 5.91 Å². The molecule has 1 amide bonds. The van der Waals surface area contributed by atoms with Crippen molar-refractivity contribution in [3.05, 3.63) is 77.4 Å². The summed E-state index contributed by atoms with van der Waals surface area (Å²) in [5.74, 6) is -0.116. The minimum atomic E-state index is -0.283. The van der Waals surface area contributed by atoms with Gasteiger partial charge in [0.15, 0.2) is 0 Å². The number of benzene rings is 1. The molecule has 0 radical (unpaired) electrons. The molecule has 0 saturated carbocycles. The van der Waals surface area contributed by atoms with E-state index in [2.05, 4.69) is 27.5 Å². The predicted molar refractivity (Wildman–Crippen MR) is 109 cm³/mol. The van der Waals surface area contributed by atoms with Gasteiger partial charge in [-0.15, -0.1) is 0 Å². The number of pyridine rings is 1. The first-order valence-electron chi connectivity index (χ1n) is 9.44. The summed E-state index contributed by atoms with van der Waals surface area (Å²) in [4.78, 5) is 16.8. The van der Waals surface area contributed by atoms with Crippen molar-refractivity contribution in [2.24, 2.45) is 5.92 Å². The zero-order valence-electron chi connectivity index (χ0n) is 16.5. The molecule has 0 aliphatic rings. The Labute approximate surface area is 165 Å². The fourth-order valence-corrected chi connectivity index (χ4v) is 2.95. The Balaban J connectivity index is 1.75. The van der Waals surface area contributed by atoms with Crippen LogP contribution in [-0.4, -0.2) is 38.4 Å². The van der Waals surface area contributed by atoms with E-state index < -0.39 is 0 Å². The lowest BCUT2D eigenvalue weighted by atomic mass is 10.0. The molecule has 6 nitrogen and oxygen atoms in total. The van der Waals surface area contributed by atoms with Crippen LogP contribution in [0.3, 0.4) is 0 Å². The Morgan fingerprint density at radius 1 is 1.25 bits per heavy atom. The number of aliphatic hydroxyl groups excluding tert-OH is 1. The first kappa shape index (κ1) is 19.8. The van der Waals surface area contributed by atoms with E-state index in [9.17, 15) is 9.90 Å². The van der Waals surface area contributed by atoms with Crippen LogP contribution in [-0.2, 0) is 6.42 Å². The van der Waals surface area contributed by atoms with Crippen molar-refractivity contribution in [1.82, 2.24) is 20.1 Å². The number of nitrogens with zero attached hydrogens (tertiary/aromatic N) is 3. The normalized spacial score (nSPS) is 12.2. The highest BCUT2D eigenvalue weighted by Crippen LogP contribution is 2.17. The summed E-state index contributed by atoms with van der Waals surface area (Å²) in [5, 5.41) is 16.5. The van der Waals surface area contributed by atoms with Crippen molar-refractivity contribution in [2.75, 3.05) is 6.61 Å². The third-order valence-corrected chi connectivity index (χ3v) is 4.87. The van der Waals surface area contributed by atoms with Gasteiger partial charge in [-0.3, -0.25) is 9.78 Å². The van der Waals surface area contributed by atoms with E-state index in [-0.39, 0.29) is 24.5 Å². The minimum absolute atomic E-state index is 0.0925. The van der Waals surface area contributed by atoms with E-state index in [1.807, 2.05) is 55.9 Å². The lowest BCUT2D eigenvalue weighted by Crippen LogP contribution is -2.41. The van der Waals surface area contributed by atoms with Crippen molar-refractivity contribution in [1.29, 1.82) is 0 Å². The third-order valence-electron chi connectivity index (χ3n) is 4.87. The topological polar surface area (TPSA) is 80.0 Å². The zero-order chi connectivity index (χ0) is 20.1. The van der Waals surface area contributed by atoms with Gasteiger partial charge in [0.1, 0.15) is 5.69 Å². The van der Waals surface area contributed by atoms with Crippen molar-refractivity contribution < 1.29 is 9.90 Å². The number of aliphatic hydroxyl groups is 1. The largest absolute Gasteiger partial charge is 0.394 e. The Kier molecular flexibility index (Phi) is 6.21. The highest BCUT2D eigenvalue weighted by Gasteiger charge is 2.17. The van der Waals surface area contributed by atoms with E-state index in [0.29, 0.717) is 12.1 Å². The number of rotatable bonds is 7. The molecule has 0 bridgehead atoms. The van der Waals surface area contributed by atoms with E-state index in [1.54, 1.807) is 12.4 Å². The van der Waals surface area contributed by atoms with Gasteiger partial charge in [0.2, 0.25) is 0 Å². The molecular weight excluding hydrogens is 352 g/mol. The molecule has 2 aromatic heterocycles. The SMILES string of the molecule is Cc1cnc(C(=O)N[C@H](CO)C(C)C)cc1Cc1ccc(-n2cccn2)cc1. The molecule has 146 valence electrons. The molecule has 0 aliphatic carbocycles. The fourth-order valence-electron chi connectivity index (χ4n) is 2.95. The van der Waals surface area contributed by atoms with Gasteiger partial charge < -0.3 is 10.4 Å². The predicted octanol–water partition coefficient (Wildman–Crippen LogP) is 2.91. The Bertz CT molecular complexity index is 918. The quantitative estimate of drug-likeness (QED) is 0.662. The third kappa shape index (κ3) is 4.64. The van der Waals surface area contributed by atoms with Gasteiger partial charge in [-0.25, -0.2) is 4.68 Å². The molecule has 3 aromatic rings. The summed E-state index contributed by atoms with van der Waals surface area (Å²) in [5.41, 5.74) is 4.61. The summed E-state index contributed by atoms with van der Waals surface area (Å²) in [6, 6.07) is 11.6. The van der Waals surface area contributed by atoms with E-state index in [1.165, 1.54) is 0 Å². The second kappa shape index (κ2) is 8.80. The number of hydrogen-bond acceptors (Lipinski definition) is 4. The summed E-state index contributed by atoms with van der Waals surface area (Å²) >= 11 is 0. The number of nitrogens with one attached hydrogen (secondary N) is 1. The molecule has 1 atom stereocenters. The zero-order valence-corrected chi connectivity index (χ0v) is 16.5. The molecule has 28 heavy (non-hydrogen) atoms. The average molecular weight is 378 g/mol. The molecule has 1 aromatic carbocycles. The van der Waals surface area contributed by atoms with Crippen LogP contribution in [0.25, 0.3) is 5.69 Å². The molecule has 3 rings (SSSR count). The monoisotopic (exact) mass is 378 g/mol. The lowest BCUT2D eigenvalue weighted by molar-refractivity contribution is 0.0891. The number of aryl methyl sites for hydroxylation is 1. The van der Waals surface area contributed by atoms with Crippen LogP contribution in [0.4, 0.5) is 0 Å². The second-order valence-corrected chi connectivity index (χ2v) is 7.30. The Hall–Kier alpha value is -2.99. The summed E-state index contributed by atoms with van der Waals surface area (Å²) in [6.45, 7) is 5.82. The van der Waals surface area contributed by atoms with E-state index in [4.69, 9.17) is 0 Å². The van der Waals surface area contributed by atoms with Gasteiger partial charge >= 0.3 is 0 Å². The van der Waals surface area contributed by atoms with Crippen molar-refractivity contribution in [2.45, 2.75) is 33.2 Å². The molecule has 6 heteroatoms. The van der Waals surface area contributed by atoms with Crippen LogP contribution in [0, 0.1) is 12.8 Å². The maximum atomic E-state index is 12.5. The van der Waals surface area contributed by atoms with Crippen molar-refractivity contribution in [3.8, 4) is 5.69 Å². The van der Waals surface area contributed by atoms with Crippen LogP contribution in [0.1, 0.15) is 41.0 Å². The second-order valence-electron chi connectivity index (χ2n) is 7.30. The minimum Gasteiger partial charge on any atom is -0.394 e. The fraction of sp³-hybridized carbons (Fsp3) is 0.318. The first-order valence-corrected chi connectivity index (χ1v) is 9.44. The van der Waals surface area contributed by atoms with Gasteiger partial charge in [-0.2, -0.15) is 5.10 Å². The lowest BCUT2D eigenvalue weighted by Gasteiger charge is -2.19. The van der Waals surface area contributed by atoms with Crippen LogP contribution in [0.15, 0.2) is 55.0 Å². The van der Waals surface area contributed by atoms with Crippen LogP contribution >= 0.6 is 0 Å². The first-order chi connectivity index (χ1) is 13.5. The van der Waals surface area contributed by atoms with Crippen molar-refractivity contribution >= 4 is 5.91 Å². The number of aromatic nitrogens is 3. The molecule has 0 spiro atoms. The number of carbonyl (C=O) groups excluding carboxylic acids is 1. The highest BCUT2D eigenvalue weighted by molar-refractivity contribution is 5.92. The van der Waals surface area contributed by atoms with Gasteiger partial charge in [0, 0.05) is 18.6 Å². The van der Waals surface area contributed by atoms with Gasteiger partial charge in [-0.1, -0.05) is 26.0 Å². The highest BCUT2D eigenvalue weighted by atomic mass is 16.3. The van der Waals surface area contributed by atoms with Crippen LogP contribution in [0.5, 0.6) is 0 Å². The number of amides is 1. The van der Waals surface area contributed by atoms with Gasteiger partial charge in [-0.05, 0) is 60.2 Å². The molecule has 0 unspecified atom stereocenters. The summed E-state index contributed by atoms with van der Waals surface area (Å²) in [7, 11) is 0.